The Morgan fingerprint density at radius 1 is 0.938 bits per heavy atom. The van der Waals surface area contributed by atoms with E-state index in [4.69, 9.17) is 0 Å². The molecule has 0 fully saturated rings. The van der Waals surface area contributed by atoms with E-state index in [-0.39, 0.29) is 11.0 Å². The molecule has 96 valence electrons. The molecule has 0 aromatic carbocycles. The monoisotopic (exact) mass is 244 g/mol. The lowest BCUT2D eigenvalue weighted by atomic mass is 9.99. The number of unbranched alkanes of at least 4 members (excludes halogenated alkanes) is 7. The van der Waals surface area contributed by atoms with Crippen molar-refractivity contribution in [3.05, 3.63) is 0 Å². The summed E-state index contributed by atoms with van der Waals surface area (Å²) in [4.78, 5) is 11.1. The van der Waals surface area contributed by atoms with Crippen LogP contribution in [0.3, 0.4) is 0 Å². The lowest BCUT2D eigenvalue weighted by molar-refractivity contribution is -0.114. The first kappa shape index (κ1) is 16.0. The fraction of sp³-hybridized carbons (Fsp3) is 0.929. The summed E-state index contributed by atoms with van der Waals surface area (Å²) in [6.07, 6.45) is 12.6. The van der Waals surface area contributed by atoms with Crippen molar-refractivity contribution in [2.45, 2.75) is 78.1 Å². The molecular weight excluding hydrogens is 216 g/mol. The van der Waals surface area contributed by atoms with Gasteiger partial charge in [0.1, 0.15) is 0 Å². The highest BCUT2D eigenvalue weighted by Gasteiger charge is 2.11. The van der Waals surface area contributed by atoms with Crippen LogP contribution in [0, 0.1) is 5.92 Å². The predicted molar refractivity (Wildman–Crippen MR) is 75.0 cm³/mol. The Kier molecular flexibility index (Phi) is 11.5. The van der Waals surface area contributed by atoms with E-state index in [1.165, 1.54) is 51.4 Å². The third-order valence-electron chi connectivity index (χ3n) is 3.25. The second kappa shape index (κ2) is 11.5. The molecule has 0 aliphatic heterocycles. The van der Waals surface area contributed by atoms with Gasteiger partial charge in [-0.2, -0.15) is 0 Å². The molecule has 0 radical (unpaired) electrons. The predicted octanol–water partition coefficient (Wildman–Crippen LogP) is 5.00. The maximum absolute atomic E-state index is 11.1. The maximum Gasteiger partial charge on any atom is 0.188 e. The zero-order valence-corrected chi connectivity index (χ0v) is 11.9. The molecule has 0 saturated heterocycles. The largest absolute Gasteiger partial charge is 0.287 e. The van der Waals surface area contributed by atoms with Gasteiger partial charge in [-0.25, -0.2) is 0 Å². The fourth-order valence-corrected chi connectivity index (χ4v) is 2.34. The Hall–Kier alpha value is 0.0200. The van der Waals surface area contributed by atoms with Crippen LogP contribution >= 0.6 is 12.6 Å². The summed E-state index contributed by atoms with van der Waals surface area (Å²) in [5.41, 5.74) is 0. The normalized spacial score (nSPS) is 12.7. The molecule has 1 nitrogen and oxygen atoms in total. The molecule has 2 heteroatoms. The van der Waals surface area contributed by atoms with Crippen LogP contribution in [0.1, 0.15) is 78.1 Å². The minimum Gasteiger partial charge on any atom is -0.287 e. The van der Waals surface area contributed by atoms with Crippen molar-refractivity contribution in [1.82, 2.24) is 0 Å². The van der Waals surface area contributed by atoms with Crippen molar-refractivity contribution >= 4 is 17.7 Å². The van der Waals surface area contributed by atoms with Gasteiger partial charge in [-0.05, 0) is 12.8 Å². The number of thiol groups is 1. The Bertz CT molecular complexity index is 168. The van der Waals surface area contributed by atoms with Crippen molar-refractivity contribution in [3.63, 3.8) is 0 Å². The van der Waals surface area contributed by atoms with E-state index in [0.29, 0.717) is 0 Å². The highest BCUT2D eigenvalue weighted by atomic mass is 32.1. The molecule has 0 heterocycles. The molecule has 0 aliphatic carbocycles. The standard InChI is InChI=1S/C14H28OS/c1-3-5-6-7-8-9-10-11-12-13(4-2)14(15)16/h13H,3-12H2,1-2H3,(H,15,16). The zero-order chi connectivity index (χ0) is 12.2. The molecule has 1 atom stereocenters. The van der Waals surface area contributed by atoms with Crippen molar-refractivity contribution in [1.29, 1.82) is 0 Å². The van der Waals surface area contributed by atoms with E-state index < -0.39 is 0 Å². The van der Waals surface area contributed by atoms with E-state index in [0.717, 1.165) is 12.8 Å². The van der Waals surface area contributed by atoms with Crippen LogP contribution in [-0.4, -0.2) is 5.12 Å². The number of hydrogen-bond donors (Lipinski definition) is 1. The van der Waals surface area contributed by atoms with Gasteiger partial charge in [0.25, 0.3) is 0 Å². The SMILES string of the molecule is CCCCCCCCCCC(CC)C(=O)S. The van der Waals surface area contributed by atoms with Crippen molar-refractivity contribution < 1.29 is 4.79 Å². The first-order valence-corrected chi connectivity index (χ1v) is 7.39. The number of carbonyl (C=O) groups is 1. The lowest BCUT2D eigenvalue weighted by Gasteiger charge is -2.09. The average molecular weight is 244 g/mol. The summed E-state index contributed by atoms with van der Waals surface area (Å²) in [6.45, 7) is 4.32. The van der Waals surface area contributed by atoms with Crippen molar-refractivity contribution in [2.75, 3.05) is 0 Å². The van der Waals surface area contributed by atoms with Crippen LogP contribution in [0.15, 0.2) is 0 Å². The third kappa shape index (κ3) is 9.26. The molecular formula is C14H28OS. The van der Waals surface area contributed by atoms with E-state index in [1.807, 2.05) is 0 Å². The third-order valence-corrected chi connectivity index (χ3v) is 3.61. The molecule has 0 bridgehead atoms. The Morgan fingerprint density at radius 3 is 1.88 bits per heavy atom. The number of hydrogen-bond acceptors (Lipinski definition) is 1. The maximum atomic E-state index is 11.1. The summed E-state index contributed by atoms with van der Waals surface area (Å²) >= 11 is 3.92. The lowest BCUT2D eigenvalue weighted by Crippen LogP contribution is -2.07. The smallest absolute Gasteiger partial charge is 0.188 e. The van der Waals surface area contributed by atoms with E-state index in [1.54, 1.807) is 0 Å². The highest BCUT2D eigenvalue weighted by Crippen LogP contribution is 2.17. The summed E-state index contributed by atoms with van der Waals surface area (Å²) in [6, 6.07) is 0. The fourth-order valence-electron chi connectivity index (χ4n) is 2.03. The van der Waals surface area contributed by atoms with Gasteiger partial charge in [0.05, 0.1) is 0 Å². The summed E-state index contributed by atoms with van der Waals surface area (Å²) in [5, 5.41) is 0.0745. The second-order valence-electron chi connectivity index (χ2n) is 4.71. The van der Waals surface area contributed by atoms with Gasteiger partial charge < -0.3 is 0 Å². The molecule has 0 rings (SSSR count). The van der Waals surface area contributed by atoms with Crippen LogP contribution in [-0.2, 0) is 4.79 Å². The minimum atomic E-state index is 0.0745. The molecule has 0 spiro atoms. The second-order valence-corrected chi connectivity index (χ2v) is 5.15. The molecule has 0 aliphatic rings. The van der Waals surface area contributed by atoms with Crippen LogP contribution in [0.4, 0.5) is 0 Å². The van der Waals surface area contributed by atoms with Gasteiger partial charge in [-0.15, -0.1) is 12.6 Å². The average Bonchev–Trinajstić information content (AvgIpc) is 2.26. The topological polar surface area (TPSA) is 17.1 Å². The Balaban J connectivity index is 3.22. The van der Waals surface area contributed by atoms with E-state index in [2.05, 4.69) is 26.5 Å². The first-order chi connectivity index (χ1) is 7.72. The van der Waals surface area contributed by atoms with E-state index in [9.17, 15) is 4.79 Å². The summed E-state index contributed by atoms with van der Waals surface area (Å²) in [7, 11) is 0. The summed E-state index contributed by atoms with van der Waals surface area (Å²) in [5.74, 6) is 0.198. The Morgan fingerprint density at radius 2 is 1.44 bits per heavy atom. The number of rotatable bonds is 11. The van der Waals surface area contributed by atoms with Crippen molar-refractivity contribution in [2.24, 2.45) is 5.92 Å². The molecule has 0 saturated carbocycles. The Labute approximate surface area is 107 Å². The van der Waals surface area contributed by atoms with Crippen LogP contribution in [0.2, 0.25) is 0 Å². The van der Waals surface area contributed by atoms with Gasteiger partial charge >= 0.3 is 0 Å². The summed E-state index contributed by atoms with van der Waals surface area (Å²) < 4.78 is 0. The van der Waals surface area contributed by atoms with Gasteiger partial charge in [0, 0.05) is 5.92 Å². The number of carbonyl (C=O) groups excluding carboxylic acids is 1. The minimum absolute atomic E-state index is 0.0745. The zero-order valence-electron chi connectivity index (χ0n) is 11.0. The van der Waals surface area contributed by atoms with Gasteiger partial charge in [-0.3, -0.25) is 4.79 Å². The molecule has 0 N–H and O–H groups in total. The van der Waals surface area contributed by atoms with E-state index >= 15 is 0 Å². The van der Waals surface area contributed by atoms with Crippen molar-refractivity contribution in [3.8, 4) is 0 Å². The quantitative estimate of drug-likeness (QED) is 0.400. The van der Waals surface area contributed by atoms with Crippen LogP contribution in [0.25, 0.3) is 0 Å². The van der Waals surface area contributed by atoms with Gasteiger partial charge in [-0.1, -0.05) is 65.2 Å². The molecule has 16 heavy (non-hydrogen) atoms. The van der Waals surface area contributed by atoms with Gasteiger partial charge in [0.15, 0.2) is 5.12 Å². The molecule has 0 aromatic rings. The highest BCUT2D eigenvalue weighted by molar-refractivity contribution is 7.96. The van der Waals surface area contributed by atoms with Crippen LogP contribution < -0.4 is 0 Å². The molecule has 0 aromatic heterocycles. The molecule has 0 amide bonds. The van der Waals surface area contributed by atoms with Crippen LogP contribution in [0.5, 0.6) is 0 Å². The first-order valence-electron chi connectivity index (χ1n) is 6.95. The molecule has 1 unspecified atom stereocenters. The van der Waals surface area contributed by atoms with Gasteiger partial charge in [0.2, 0.25) is 0 Å².